The Labute approximate surface area is 247 Å². The van der Waals surface area contributed by atoms with Crippen LogP contribution in [0.15, 0.2) is 43.0 Å². The minimum atomic E-state index is -1.50. The van der Waals surface area contributed by atoms with Gasteiger partial charge in [0.25, 0.3) is 14.4 Å². The Bertz CT molecular complexity index is 1410. The molecule has 1 amide bonds. The number of ether oxygens (including phenoxy) is 2. The first kappa shape index (κ1) is 30.4. The van der Waals surface area contributed by atoms with Crippen molar-refractivity contribution in [2.45, 2.75) is 77.0 Å². The molecule has 12 nitrogen and oxygen atoms in total. The van der Waals surface area contributed by atoms with Crippen LogP contribution in [0.5, 0.6) is 0 Å². The quantitative estimate of drug-likeness (QED) is 0.178. The molecule has 4 unspecified atom stereocenters. The molecule has 1 aromatic carbocycles. The van der Waals surface area contributed by atoms with Crippen LogP contribution < -0.4 is 5.32 Å². The Kier molecular flexibility index (Phi) is 9.47. The van der Waals surface area contributed by atoms with Crippen molar-refractivity contribution < 1.29 is 23.3 Å². The third-order valence-electron chi connectivity index (χ3n) is 7.70. The van der Waals surface area contributed by atoms with E-state index in [0.29, 0.717) is 42.2 Å². The molecule has 0 aliphatic carbocycles. The Morgan fingerprint density at radius 2 is 2.00 bits per heavy atom. The second kappa shape index (κ2) is 13.1. The lowest BCUT2D eigenvalue weighted by Gasteiger charge is -2.45. The molecule has 1 N–H and O–H groups in total. The molecule has 3 aromatic rings. The van der Waals surface area contributed by atoms with Crippen LogP contribution in [0.4, 0.5) is 5.82 Å². The minimum absolute atomic E-state index is 0.166. The molecule has 224 valence electrons. The van der Waals surface area contributed by atoms with Crippen LogP contribution in [-0.2, 0) is 18.5 Å². The molecule has 0 radical (unpaired) electrons. The predicted molar refractivity (Wildman–Crippen MR) is 159 cm³/mol. The number of anilines is 1. The van der Waals surface area contributed by atoms with Gasteiger partial charge in [0.05, 0.1) is 25.6 Å². The first-order valence-corrected chi connectivity index (χ1v) is 15.4. The fourth-order valence-corrected chi connectivity index (χ4v) is 7.43. The summed E-state index contributed by atoms with van der Waals surface area (Å²) < 4.78 is 30.2. The maximum Gasteiger partial charge on any atom is 0.259 e. The van der Waals surface area contributed by atoms with E-state index in [4.69, 9.17) is 25.1 Å². The van der Waals surface area contributed by atoms with Gasteiger partial charge < -0.3 is 33.3 Å². The molecule has 5 rings (SSSR count). The number of amides is 1. The summed E-state index contributed by atoms with van der Waals surface area (Å²) in [5, 5.41) is 2.87. The van der Waals surface area contributed by atoms with Gasteiger partial charge in [-0.25, -0.2) is 26.2 Å². The molecule has 2 bridgehead atoms. The molecular weight excluding hydrogens is 557 g/mol. The summed E-state index contributed by atoms with van der Waals surface area (Å²) in [5.41, 5.74) is 0.929. The van der Waals surface area contributed by atoms with Crippen molar-refractivity contribution >= 4 is 31.4 Å². The number of hydrogen-bond donors (Lipinski definition) is 1. The first-order valence-electron chi connectivity index (χ1n) is 14.3. The number of carbonyl (C=O) groups excluding carboxylic acids is 1. The number of carbonyl (C=O) groups is 1. The summed E-state index contributed by atoms with van der Waals surface area (Å²) in [7, 11) is -1.50. The van der Waals surface area contributed by atoms with Gasteiger partial charge in [-0.05, 0) is 46.2 Å². The smallest absolute Gasteiger partial charge is 0.259 e. The molecular formula is C29H38N7O5P. The molecule has 13 heteroatoms. The fraction of sp³-hybridized carbons (Fsp3) is 0.552. The molecule has 2 saturated heterocycles. The second-order valence-electron chi connectivity index (χ2n) is 11.0. The van der Waals surface area contributed by atoms with Gasteiger partial charge in [0.1, 0.15) is 30.7 Å². The SMILES string of the molecule is [C-]#[N+]CCOP(OC1C2OCC1(CC)OC[C@@H]2n1cnc2c(NC(=O)c3ccccc3)ncnc21)N(C(C)C)C(C)C. The normalized spacial score (nSPS) is 24.4. The van der Waals surface area contributed by atoms with E-state index in [2.05, 4.69) is 64.4 Å². The Morgan fingerprint density at radius 3 is 2.69 bits per heavy atom. The lowest BCUT2D eigenvalue weighted by Crippen LogP contribution is -2.55. The predicted octanol–water partition coefficient (Wildman–Crippen LogP) is 4.86. The van der Waals surface area contributed by atoms with E-state index in [1.54, 1.807) is 18.5 Å². The van der Waals surface area contributed by atoms with Gasteiger partial charge in [-0.15, -0.1) is 0 Å². The van der Waals surface area contributed by atoms with Crippen molar-refractivity contribution in [3.8, 4) is 0 Å². The third kappa shape index (κ3) is 5.91. The highest BCUT2D eigenvalue weighted by molar-refractivity contribution is 7.44. The maximum absolute atomic E-state index is 12.8. The number of imidazole rings is 1. The highest BCUT2D eigenvalue weighted by atomic mass is 31.2. The minimum Gasteiger partial charge on any atom is -0.370 e. The zero-order chi connectivity index (χ0) is 29.9. The number of rotatable bonds is 12. The standard InChI is InChI=1S/C29H38N7O5P/c1-7-29-16-38-24(25(29)41-42(40-14-13-30-6)36(19(2)3)20(4)5)22(15-39-29)35-18-33-23-26(31-17-32-27(23)35)34-28(37)21-11-9-8-10-12-21/h8-12,17-20,22,24-25H,7,13-16H2,1-5H3,(H,31,32,34,37)/t22-,24?,25?,29?,42?/m0/s1. The van der Waals surface area contributed by atoms with Crippen molar-refractivity contribution in [3.05, 3.63) is 60.0 Å². The van der Waals surface area contributed by atoms with E-state index in [-0.39, 0.29) is 43.3 Å². The first-order chi connectivity index (χ1) is 20.3. The largest absolute Gasteiger partial charge is 0.370 e. The molecule has 2 aliphatic rings. The van der Waals surface area contributed by atoms with E-state index in [1.807, 2.05) is 22.8 Å². The zero-order valence-corrected chi connectivity index (χ0v) is 25.5. The summed E-state index contributed by atoms with van der Waals surface area (Å²) in [4.78, 5) is 29.7. The summed E-state index contributed by atoms with van der Waals surface area (Å²) in [6.07, 6.45) is 3.03. The molecule has 5 atom stereocenters. The van der Waals surface area contributed by atoms with Crippen LogP contribution in [0, 0.1) is 6.57 Å². The summed E-state index contributed by atoms with van der Waals surface area (Å²) in [6, 6.07) is 8.99. The molecule has 2 fully saturated rings. The number of fused-ring (bicyclic) bond motifs is 3. The lowest BCUT2D eigenvalue weighted by atomic mass is 9.88. The van der Waals surface area contributed by atoms with Crippen molar-refractivity contribution in [1.29, 1.82) is 0 Å². The average Bonchev–Trinajstić information content (AvgIpc) is 3.51. The zero-order valence-electron chi connectivity index (χ0n) is 24.6. The van der Waals surface area contributed by atoms with Gasteiger partial charge in [0.2, 0.25) is 6.54 Å². The average molecular weight is 596 g/mol. The highest BCUT2D eigenvalue weighted by Crippen LogP contribution is 2.53. The van der Waals surface area contributed by atoms with Crippen molar-refractivity contribution in [2.24, 2.45) is 0 Å². The van der Waals surface area contributed by atoms with E-state index in [9.17, 15) is 4.79 Å². The van der Waals surface area contributed by atoms with Crippen molar-refractivity contribution in [3.63, 3.8) is 0 Å². The molecule has 42 heavy (non-hydrogen) atoms. The Morgan fingerprint density at radius 1 is 1.24 bits per heavy atom. The number of benzene rings is 1. The van der Waals surface area contributed by atoms with Crippen molar-refractivity contribution in [2.75, 3.05) is 31.7 Å². The van der Waals surface area contributed by atoms with Crippen LogP contribution >= 0.6 is 8.53 Å². The molecule has 0 saturated carbocycles. The highest BCUT2D eigenvalue weighted by Gasteiger charge is 2.59. The van der Waals surface area contributed by atoms with E-state index >= 15 is 0 Å². The maximum atomic E-state index is 12.8. The number of aromatic nitrogens is 4. The second-order valence-corrected chi connectivity index (χ2v) is 12.4. The Balaban J connectivity index is 1.44. The van der Waals surface area contributed by atoms with Gasteiger partial charge in [-0.1, -0.05) is 25.1 Å². The number of nitrogens with one attached hydrogen (secondary N) is 1. The van der Waals surface area contributed by atoms with E-state index in [1.165, 1.54) is 6.33 Å². The topological polar surface area (TPSA) is 117 Å². The van der Waals surface area contributed by atoms with Gasteiger partial charge in [-0.3, -0.25) is 4.79 Å². The number of hydrogen-bond acceptors (Lipinski definition) is 9. The summed E-state index contributed by atoms with van der Waals surface area (Å²) >= 11 is 0. The van der Waals surface area contributed by atoms with Gasteiger partial charge in [-0.2, -0.15) is 0 Å². The molecule has 4 heterocycles. The number of nitrogens with zero attached hydrogens (tertiary/aromatic N) is 6. The van der Waals surface area contributed by atoms with Crippen molar-refractivity contribution in [1.82, 2.24) is 24.2 Å². The van der Waals surface area contributed by atoms with Gasteiger partial charge >= 0.3 is 0 Å². The monoisotopic (exact) mass is 595 g/mol. The van der Waals surface area contributed by atoms with Crippen LogP contribution in [0.3, 0.4) is 0 Å². The van der Waals surface area contributed by atoms with Gasteiger partial charge in [0.15, 0.2) is 17.0 Å². The molecule has 2 aromatic heterocycles. The lowest BCUT2D eigenvalue weighted by molar-refractivity contribution is -0.142. The summed E-state index contributed by atoms with van der Waals surface area (Å²) in [5.74, 6) is 0.0477. The van der Waals surface area contributed by atoms with Gasteiger partial charge in [0, 0.05) is 17.6 Å². The van der Waals surface area contributed by atoms with Crippen LogP contribution in [0.1, 0.15) is 57.4 Å². The van der Waals surface area contributed by atoms with Crippen LogP contribution in [0.2, 0.25) is 0 Å². The Hall–Kier alpha value is -3.04. The van der Waals surface area contributed by atoms with Crippen LogP contribution in [0.25, 0.3) is 16.0 Å². The summed E-state index contributed by atoms with van der Waals surface area (Å²) in [6.45, 7) is 19.1. The third-order valence-corrected chi connectivity index (χ3v) is 9.81. The van der Waals surface area contributed by atoms with E-state index < -0.39 is 20.2 Å². The van der Waals surface area contributed by atoms with Crippen LogP contribution in [-0.4, -0.2) is 86.4 Å². The molecule has 0 spiro atoms. The molecule has 2 aliphatic heterocycles. The van der Waals surface area contributed by atoms with E-state index in [0.717, 1.165) is 0 Å². The fourth-order valence-electron chi connectivity index (χ4n) is 5.63.